The lowest BCUT2D eigenvalue weighted by molar-refractivity contribution is 0.530. The maximum Gasteiger partial charge on any atom is 0.113 e. The van der Waals surface area contributed by atoms with Crippen molar-refractivity contribution in [1.82, 2.24) is 15.0 Å². The summed E-state index contributed by atoms with van der Waals surface area (Å²) in [5.74, 6) is 0.540. The van der Waals surface area contributed by atoms with E-state index in [9.17, 15) is 0 Å². The van der Waals surface area contributed by atoms with E-state index in [1.165, 1.54) is 5.56 Å². The molecule has 1 aromatic carbocycles. The lowest BCUT2D eigenvalue weighted by Crippen LogP contribution is -2.02. The van der Waals surface area contributed by atoms with Crippen LogP contribution in [0.1, 0.15) is 45.2 Å². The first-order chi connectivity index (χ1) is 7.09. The third-order valence-corrected chi connectivity index (χ3v) is 2.65. The quantitative estimate of drug-likeness (QED) is 0.750. The lowest BCUT2D eigenvalue weighted by atomic mass is 10.0. The molecule has 0 spiro atoms. The van der Waals surface area contributed by atoms with Crippen LogP contribution in [0.2, 0.25) is 0 Å². The van der Waals surface area contributed by atoms with Crippen molar-refractivity contribution in [2.24, 2.45) is 0 Å². The van der Waals surface area contributed by atoms with Gasteiger partial charge in [-0.2, -0.15) is 0 Å². The number of rotatable bonds is 2. The fourth-order valence-corrected chi connectivity index (χ4v) is 1.70. The van der Waals surface area contributed by atoms with Crippen molar-refractivity contribution < 1.29 is 0 Å². The van der Waals surface area contributed by atoms with E-state index < -0.39 is 0 Å². The molecule has 15 heavy (non-hydrogen) atoms. The van der Waals surface area contributed by atoms with Crippen LogP contribution in [0.3, 0.4) is 0 Å². The normalized spacial score (nSPS) is 11.9. The molecule has 0 unspecified atom stereocenters. The molecular formula is C12H17N3. The molecule has 0 N–H and O–H groups in total. The number of benzene rings is 1. The van der Waals surface area contributed by atoms with Crippen LogP contribution >= 0.6 is 0 Å². The molecule has 1 aromatic heterocycles. The zero-order chi connectivity index (χ0) is 11.0. The topological polar surface area (TPSA) is 30.7 Å². The maximum absolute atomic E-state index is 4.20. The highest BCUT2D eigenvalue weighted by Gasteiger charge is 2.08. The van der Waals surface area contributed by atoms with E-state index in [1.807, 2.05) is 4.68 Å². The first-order valence-electron chi connectivity index (χ1n) is 5.44. The van der Waals surface area contributed by atoms with E-state index in [0.717, 1.165) is 11.0 Å². The number of fused-ring (bicyclic) bond motifs is 1. The van der Waals surface area contributed by atoms with Gasteiger partial charge in [-0.25, -0.2) is 4.68 Å². The van der Waals surface area contributed by atoms with E-state index in [2.05, 4.69) is 56.2 Å². The minimum Gasteiger partial charge on any atom is -0.242 e. The van der Waals surface area contributed by atoms with E-state index in [-0.39, 0.29) is 0 Å². The average Bonchev–Trinajstić information content (AvgIpc) is 2.59. The Bertz CT molecular complexity index is 469. The van der Waals surface area contributed by atoms with Crippen molar-refractivity contribution in [1.29, 1.82) is 0 Å². The van der Waals surface area contributed by atoms with Gasteiger partial charge in [0.25, 0.3) is 0 Å². The summed E-state index contributed by atoms with van der Waals surface area (Å²) in [5, 5.41) is 8.36. The summed E-state index contributed by atoms with van der Waals surface area (Å²) >= 11 is 0. The van der Waals surface area contributed by atoms with Crippen LogP contribution in [-0.4, -0.2) is 15.0 Å². The Kier molecular flexibility index (Phi) is 2.47. The SMILES string of the molecule is CC(C)c1ccc2c(c1)nnn2C(C)C. The molecule has 80 valence electrons. The Morgan fingerprint density at radius 2 is 1.87 bits per heavy atom. The molecule has 0 fully saturated rings. The summed E-state index contributed by atoms with van der Waals surface area (Å²) in [7, 11) is 0. The van der Waals surface area contributed by atoms with Crippen LogP contribution in [0.4, 0.5) is 0 Å². The van der Waals surface area contributed by atoms with E-state index in [4.69, 9.17) is 0 Å². The highest BCUT2D eigenvalue weighted by molar-refractivity contribution is 5.75. The Balaban J connectivity index is 2.57. The molecule has 0 bridgehead atoms. The first-order valence-corrected chi connectivity index (χ1v) is 5.44. The molecule has 0 aliphatic carbocycles. The zero-order valence-corrected chi connectivity index (χ0v) is 9.73. The molecule has 0 atom stereocenters. The molecule has 0 saturated carbocycles. The molecule has 0 amide bonds. The van der Waals surface area contributed by atoms with Gasteiger partial charge in [0, 0.05) is 6.04 Å². The molecule has 1 heterocycles. The highest BCUT2D eigenvalue weighted by Crippen LogP contribution is 2.21. The van der Waals surface area contributed by atoms with Gasteiger partial charge in [0.2, 0.25) is 0 Å². The van der Waals surface area contributed by atoms with Crippen LogP contribution in [0.25, 0.3) is 11.0 Å². The Hall–Kier alpha value is -1.38. The molecule has 0 aliphatic rings. The second-order valence-corrected chi connectivity index (χ2v) is 4.53. The van der Waals surface area contributed by atoms with Gasteiger partial charge in [0.15, 0.2) is 0 Å². The molecule has 3 heteroatoms. The fourth-order valence-electron chi connectivity index (χ4n) is 1.70. The van der Waals surface area contributed by atoms with Gasteiger partial charge in [-0.1, -0.05) is 25.1 Å². The third-order valence-electron chi connectivity index (χ3n) is 2.65. The van der Waals surface area contributed by atoms with E-state index in [0.29, 0.717) is 12.0 Å². The number of hydrogen-bond donors (Lipinski definition) is 0. The van der Waals surface area contributed by atoms with Crippen molar-refractivity contribution in [3.63, 3.8) is 0 Å². The Labute approximate surface area is 90.1 Å². The van der Waals surface area contributed by atoms with Crippen LogP contribution in [0.5, 0.6) is 0 Å². The summed E-state index contributed by atoms with van der Waals surface area (Å²) in [5.41, 5.74) is 3.43. The van der Waals surface area contributed by atoms with Gasteiger partial charge in [-0.15, -0.1) is 5.10 Å². The molecule has 3 nitrogen and oxygen atoms in total. The van der Waals surface area contributed by atoms with Gasteiger partial charge >= 0.3 is 0 Å². The van der Waals surface area contributed by atoms with Crippen molar-refractivity contribution in [2.45, 2.75) is 39.7 Å². The van der Waals surface area contributed by atoms with Crippen LogP contribution in [0, 0.1) is 0 Å². The van der Waals surface area contributed by atoms with Gasteiger partial charge in [0.1, 0.15) is 5.52 Å². The fraction of sp³-hybridized carbons (Fsp3) is 0.500. The summed E-state index contributed by atoms with van der Waals surface area (Å²) in [6.45, 7) is 8.61. The van der Waals surface area contributed by atoms with Crippen molar-refractivity contribution in [3.8, 4) is 0 Å². The van der Waals surface area contributed by atoms with Crippen LogP contribution in [0.15, 0.2) is 18.2 Å². The lowest BCUT2D eigenvalue weighted by Gasteiger charge is -2.07. The predicted molar refractivity (Wildman–Crippen MR) is 62.0 cm³/mol. The highest BCUT2D eigenvalue weighted by atomic mass is 15.4. The Morgan fingerprint density at radius 1 is 1.13 bits per heavy atom. The number of aromatic nitrogens is 3. The molecule has 0 radical (unpaired) electrons. The van der Waals surface area contributed by atoms with Crippen LogP contribution < -0.4 is 0 Å². The summed E-state index contributed by atoms with van der Waals surface area (Å²) < 4.78 is 1.96. The smallest absolute Gasteiger partial charge is 0.113 e. The first kappa shape index (κ1) is 10.1. The van der Waals surface area contributed by atoms with E-state index in [1.54, 1.807) is 0 Å². The van der Waals surface area contributed by atoms with Gasteiger partial charge in [0.05, 0.1) is 5.52 Å². The van der Waals surface area contributed by atoms with E-state index >= 15 is 0 Å². The third kappa shape index (κ3) is 1.74. The maximum atomic E-state index is 4.20. The second-order valence-electron chi connectivity index (χ2n) is 4.53. The molecule has 2 rings (SSSR count). The minimum absolute atomic E-state index is 0.361. The zero-order valence-electron chi connectivity index (χ0n) is 9.73. The monoisotopic (exact) mass is 203 g/mol. The molecule has 2 aromatic rings. The summed E-state index contributed by atoms with van der Waals surface area (Å²) in [6.07, 6.45) is 0. The van der Waals surface area contributed by atoms with Gasteiger partial charge < -0.3 is 0 Å². The minimum atomic E-state index is 0.361. The molecule has 0 saturated heterocycles. The van der Waals surface area contributed by atoms with Crippen molar-refractivity contribution >= 4 is 11.0 Å². The standard InChI is InChI=1S/C12H17N3/c1-8(2)10-5-6-12-11(7-10)13-14-15(12)9(3)4/h5-9H,1-4H3. The van der Waals surface area contributed by atoms with Crippen LogP contribution in [-0.2, 0) is 0 Å². The molecular weight excluding hydrogens is 186 g/mol. The Morgan fingerprint density at radius 3 is 2.47 bits per heavy atom. The number of hydrogen-bond acceptors (Lipinski definition) is 2. The average molecular weight is 203 g/mol. The molecule has 0 aliphatic heterocycles. The van der Waals surface area contributed by atoms with Gasteiger partial charge in [-0.05, 0) is 37.5 Å². The second kappa shape index (κ2) is 3.65. The predicted octanol–water partition coefficient (Wildman–Crippen LogP) is 3.14. The van der Waals surface area contributed by atoms with Gasteiger partial charge in [-0.3, -0.25) is 0 Å². The van der Waals surface area contributed by atoms with Crippen molar-refractivity contribution in [3.05, 3.63) is 23.8 Å². The number of nitrogens with zero attached hydrogens (tertiary/aromatic N) is 3. The van der Waals surface area contributed by atoms with Crippen molar-refractivity contribution in [2.75, 3.05) is 0 Å². The largest absolute Gasteiger partial charge is 0.242 e. The summed E-state index contributed by atoms with van der Waals surface area (Å²) in [6, 6.07) is 6.77. The summed E-state index contributed by atoms with van der Waals surface area (Å²) in [4.78, 5) is 0.